The average Bonchev–Trinajstić information content (AvgIpc) is 2.73. The summed E-state index contributed by atoms with van der Waals surface area (Å²) in [5.74, 6) is 0.645. The van der Waals surface area contributed by atoms with E-state index in [0.717, 1.165) is 27.9 Å². The molecule has 0 aliphatic carbocycles. The topological polar surface area (TPSA) is 41.1 Å². The molecule has 0 saturated carbocycles. The molecule has 3 heteroatoms. The lowest BCUT2D eigenvalue weighted by Crippen LogP contribution is -2.34. The maximum Gasteiger partial charge on any atom is 0.320 e. The number of para-hydroxylation sites is 1. The summed E-state index contributed by atoms with van der Waals surface area (Å²) in [6.07, 6.45) is 0. The zero-order valence-corrected chi connectivity index (χ0v) is 17.6. The first kappa shape index (κ1) is 20.7. The highest BCUT2D eigenvalue weighted by atomic mass is 16.2. The molecule has 150 valence electrons. The molecule has 2 N–H and O–H groups in total. The van der Waals surface area contributed by atoms with E-state index in [1.165, 1.54) is 0 Å². The van der Waals surface area contributed by atoms with Crippen LogP contribution in [0.3, 0.4) is 0 Å². The standard InChI is InChI=1S/C26H30N2O/c1-18(2)22-16-11-17-23(19(3)4)25(22)28-26(29)27-24(20-12-7-5-8-13-20)21-14-9-6-10-15-21/h5-19,24H,1-4H3,(H2,27,28,29). The Kier molecular flexibility index (Phi) is 6.71. The van der Waals surface area contributed by atoms with Gasteiger partial charge in [-0.25, -0.2) is 4.79 Å². The Hall–Kier alpha value is -3.07. The summed E-state index contributed by atoms with van der Waals surface area (Å²) in [4.78, 5) is 13.1. The molecule has 0 aromatic heterocycles. The number of anilines is 1. The van der Waals surface area contributed by atoms with Crippen LogP contribution in [-0.2, 0) is 0 Å². The van der Waals surface area contributed by atoms with Crippen molar-refractivity contribution in [2.24, 2.45) is 0 Å². The predicted octanol–water partition coefficient (Wildman–Crippen LogP) is 6.84. The highest BCUT2D eigenvalue weighted by Crippen LogP contribution is 2.32. The van der Waals surface area contributed by atoms with Gasteiger partial charge < -0.3 is 10.6 Å². The quantitative estimate of drug-likeness (QED) is 0.478. The third kappa shape index (κ3) is 5.05. The number of carbonyl (C=O) groups is 1. The van der Waals surface area contributed by atoms with E-state index in [-0.39, 0.29) is 12.1 Å². The predicted molar refractivity (Wildman–Crippen MR) is 122 cm³/mol. The van der Waals surface area contributed by atoms with Crippen LogP contribution in [-0.4, -0.2) is 6.03 Å². The first-order chi connectivity index (χ1) is 14.0. The lowest BCUT2D eigenvalue weighted by Gasteiger charge is -2.23. The zero-order chi connectivity index (χ0) is 20.8. The van der Waals surface area contributed by atoms with Crippen LogP contribution >= 0.6 is 0 Å². The average molecular weight is 387 g/mol. The first-order valence-electron chi connectivity index (χ1n) is 10.3. The van der Waals surface area contributed by atoms with Crippen molar-refractivity contribution in [1.29, 1.82) is 0 Å². The van der Waals surface area contributed by atoms with Crippen molar-refractivity contribution in [1.82, 2.24) is 5.32 Å². The van der Waals surface area contributed by atoms with Gasteiger partial charge in [-0.1, -0.05) is 107 Å². The van der Waals surface area contributed by atoms with Crippen molar-refractivity contribution in [3.63, 3.8) is 0 Å². The number of amides is 2. The van der Waals surface area contributed by atoms with Gasteiger partial charge in [0.25, 0.3) is 0 Å². The van der Waals surface area contributed by atoms with Gasteiger partial charge in [-0.05, 0) is 34.1 Å². The van der Waals surface area contributed by atoms with Gasteiger partial charge in [0, 0.05) is 5.69 Å². The van der Waals surface area contributed by atoms with Crippen molar-refractivity contribution < 1.29 is 4.79 Å². The summed E-state index contributed by atoms with van der Waals surface area (Å²) < 4.78 is 0. The maximum atomic E-state index is 13.1. The van der Waals surface area contributed by atoms with E-state index < -0.39 is 0 Å². The second-order valence-electron chi connectivity index (χ2n) is 7.97. The lowest BCUT2D eigenvalue weighted by atomic mass is 9.92. The van der Waals surface area contributed by atoms with Crippen molar-refractivity contribution in [2.75, 3.05) is 5.32 Å². The van der Waals surface area contributed by atoms with Crippen molar-refractivity contribution in [2.45, 2.75) is 45.6 Å². The molecule has 3 rings (SSSR count). The Morgan fingerprint density at radius 2 is 1.10 bits per heavy atom. The minimum absolute atomic E-state index is 0.197. The molecular weight excluding hydrogens is 356 g/mol. The molecule has 0 atom stereocenters. The Balaban J connectivity index is 1.91. The molecule has 0 fully saturated rings. The number of benzene rings is 3. The highest BCUT2D eigenvalue weighted by molar-refractivity contribution is 5.92. The van der Waals surface area contributed by atoms with Crippen molar-refractivity contribution in [3.8, 4) is 0 Å². The highest BCUT2D eigenvalue weighted by Gasteiger charge is 2.20. The second kappa shape index (κ2) is 9.42. The number of nitrogens with one attached hydrogen (secondary N) is 2. The van der Waals surface area contributed by atoms with Crippen LogP contribution < -0.4 is 10.6 Å². The summed E-state index contributed by atoms with van der Waals surface area (Å²) in [7, 11) is 0. The zero-order valence-electron chi connectivity index (χ0n) is 17.6. The molecule has 0 spiro atoms. The number of hydrogen-bond acceptors (Lipinski definition) is 1. The van der Waals surface area contributed by atoms with E-state index in [0.29, 0.717) is 11.8 Å². The molecule has 3 aromatic carbocycles. The fourth-order valence-electron chi connectivity index (χ4n) is 3.63. The minimum atomic E-state index is -0.217. The third-order valence-electron chi connectivity index (χ3n) is 5.15. The second-order valence-corrected chi connectivity index (χ2v) is 7.97. The van der Waals surface area contributed by atoms with Gasteiger partial charge in [-0.15, -0.1) is 0 Å². The van der Waals surface area contributed by atoms with E-state index in [1.54, 1.807) is 0 Å². The summed E-state index contributed by atoms with van der Waals surface area (Å²) in [6, 6.07) is 26.0. The van der Waals surface area contributed by atoms with E-state index in [4.69, 9.17) is 0 Å². The first-order valence-corrected chi connectivity index (χ1v) is 10.3. The van der Waals surface area contributed by atoms with Crippen molar-refractivity contribution in [3.05, 3.63) is 101 Å². The van der Waals surface area contributed by atoms with E-state index in [9.17, 15) is 4.79 Å². The smallest absolute Gasteiger partial charge is 0.320 e. The van der Waals surface area contributed by atoms with Crippen LogP contribution in [0.5, 0.6) is 0 Å². The largest absolute Gasteiger partial charge is 0.327 e. The van der Waals surface area contributed by atoms with Gasteiger partial charge in [0.2, 0.25) is 0 Å². The number of hydrogen-bond donors (Lipinski definition) is 2. The fourth-order valence-corrected chi connectivity index (χ4v) is 3.63. The molecule has 3 nitrogen and oxygen atoms in total. The van der Waals surface area contributed by atoms with Crippen LogP contribution in [0, 0.1) is 0 Å². The van der Waals surface area contributed by atoms with Gasteiger partial charge in [-0.2, -0.15) is 0 Å². The van der Waals surface area contributed by atoms with Crippen LogP contribution in [0.15, 0.2) is 78.9 Å². The molecule has 3 aromatic rings. The maximum absolute atomic E-state index is 13.1. The molecule has 0 saturated heterocycles. The summed E-state index contributed by atoms with van der Waals surface area (Å²) in [5, 5.41) is 6.34. The van der Waals surface area contributed by atoms with Gasteiger partial charge in [0.1, 0.15) is 0 Å². The molecule has 0 bridgehead atoms. The van der Waals surface area contributed by atoms with Crippen LogP contribution in [0.25, 0.3) is 0 Å². The van der Waals surface area contributed by atoms with Crippen molar-refractivity contribution >= 4 is 11.7 Å². The van der Waals surface area contributed by atoms with Gasteiger partial charge in [-0.3, -0.25) is 0 Å². The van der Waals surface area contributed by atoms with Crippen LogP contribution in [0.4, 0.5) is 10.5 Å². The molecule has 0 heterocycles. The minimum Gasteiger partial charge on any atom is -0.327 e. The molecule has 0 aliphatic heterocycles. The number of rotatable bonds is 6. The van der Waals surface area contributed by atoms with Gasteiger partial charge in [0.05, 0.1) is 6.04 Å². The molecular formula is C26H30N2O. The summed E-state index contributed by atoms with van der Waals surface area (Å²) in [5.41, 5.74) is 5.34. The molecule has 0 aliphatic rings. The monoisotopic (exact) mass is 386 g/mol. The van der Waals surface area contributed by atoms with Crippen LogP contribution in [0.1, 0.15) is 67.8 Å². The molecule has 29 heavy (non-hydrogen) atoms. The number of urea groups is 1. The van der Waals surface area contributed by atoms with Gasteiger partial charge >= 0.3 is 6.03 Å². The lowest BCUT2D eigenvalue weighted by molar-refractivity contribution is 0.250. The number of carbonyl (C=O) groups excluding carboxylic acids is 1. The summed E-state index contributed by atoms with van der Waals surface area (Å²) in [6.45, 7) is 8.61. The van der Waals surface area contributed by atoms with E-state index in [1.807, 2.05) is 60.7 Å². The Morgan fingerprint density at radius 1 is 0.655 bits per heavy atom. The third-order valence-corrected chi connectivity index (χ3v) is 5.15. The normalized spacial score (nSPS) is 11.1. The Labute approximate surface area is 174 Å². The molecule has 0 unspecified atom stereocenters. The summed E-state index contributed by atoms with van der Waals surface area (Å²) >= 11 is 0. The Morgan fingerprint density at radius 3 is 1.52 bits per heavy atom. The van der Waals surface area contributed by atoms with E-state index in [2.05, 4.69) is 56.5 Å². The molecule has 0 radical (unpaired) electrons. The fraction of sp³-hybridized carbons (Fsp3) is 0.269. The van der Waals surface area contributed by atoms with E-state index >= 15 is 0 Å². The Bertz CT molecular complexity index is 868. The van der Waals surface area contributed by atoms with Gasteiger partial charge in [0.15, 0.2) is 0 Å². The van der Waals surface area contributed by atoms with Crippen LogP contribution in [0.2, 0.25) is 0 Å². The SMILES string of the molecule is CC(C)c1cccc(C(C)C)c1NC(=O)NC(c1ccccc1)c1ccccc1. The molecule has 2 amide bonds.